The van der Waals surface area contributed by atoms with Gasteiger partial charge in [0, 0.05) is 38.1 Å². The standard InChI is InChI=1S/C32H50N6O5/c1-5-25(18-35-37-32(42)34-17-22-12-14-24(15-13-22)28(39)6-2)36-30(40)27-16-26(43-20-23-10-8-7-9-11-23)19-38(27)31(41)29(33)21(3)4/h7-11,18,21-22,24-27,29H,5-6,12-17,19-20,33H2,1-4H3,(H,36,40)(H2,34,37,42)/b35-18+/t22?,24?,25-,26+,27-,29-/m0/s1. The Kier molecular flexibility index (Phi) is 13.6. The number of likely N-dealkylation sites (tertiary alicyclic amines) is 1. The van der Waals surface area contributed by atoms with Crippen molar-refractivity contribution >= 4 is 29.8 Å². The van der Waals surface area contributed by atoms with Gasteiger partial charge in [-0.2, -0.15) is 5.10 Å². The number of nitrogens with zero attached hydrogens (tertiary/aromatic N) is 2. The molecule has 11 nitrogen and oxygen atoms in total. The van der Waals surface area contributed by atoms with E-state index in [0.29, 0.717) is 44.1 Å². The number of hydrazone groups is 1. The lowest BCUT2D eigenvalue weighted by molar-refractivity contribution is -0.140. The van der Waals surface area contributed by atoms with Crippen LogP contribution in [0.1, 0.15) is 78.2 Å². The topological polar surface area (TPSA) is 155 Å². The minimum absolute atomic E-state index is 0.0754. The van der Waals surface area contributed by atoms with Gasteiger partial charge in [-0.1, -0.05) is 58.0 Å². The van der Waals surface area contributed by atoms with Crippen LogP contribution in [0.5, 0.6) is 0 Å². The zero-order valence-corrected chi connectivity index (χ0v) is 26.1. The molecule has 2 fully saturated rings. The lowest BCUT2D eigenvalue weighted by atomic mass is 9.79. The zero-order valence-electron chi connectivity index (χ0n) is 26.1. The fourth-order valence-corrected chi connectivity index (χ4v) is 5.64. The minimum Gasteiger partial charge on any atom is -0.372 e. The molecule has 1 saturated heterocycles. The van der Waals surface area contributed by atoms with Crippen LogP contribution in [0.25, 0.3) is 0 Å². The first-order chi connectivity index (χ1) is 20.6. The summed E-state index contributed by atoms with van der Waals surface area (Å²) < 4.78 is 6.09. The molecule has 1 aliphatic carbocycles. The molecular weight excluding hydrogens is 548 g/mol. The first-order valence-corrected chi connectivity index (χ1v) is 15.7. The van der Waals surface area contributed by atoms with Crippen LogP contribution >= 0.6 is 0 Å². The molecule has 238 valence electrons. The maximum absolute atomic E-state index is 13.4. The summed E-state index contributed by atoms with van der Waals surface area (Å²) in [7, 11) is 0. The van der Waals surface area contributed by atoms with E-state index < -0.39 is 24.2 Å². The van der Waals surface area contributed by atoms with Crippen LogP contribution in [0.3, 0.4) is 0 Å². The Bertz CT molecular complexity index is 1090. The molecule has 1 heterocycles. The van der Waals surface area contributed by atoms with Gasteiger partial charge in [0.2, 0.25) is 11.8 Å². The van der Waals surface area contributed by atoms with Crippen molar-refractivity contribution in [2.45, 2.75) is 103 Å². The van der Waals surface area contributed by atoms with Gasteiger partial charge in [0.15, 0.2) is 0 Å². The molecule has 1 aromatic rings. The average molecular weight is 599 g/mol. The second-order valence-electron chi connectivity index (χ2n) is 12.1. The number of urea groups is 1. The van der Waals surface area contributed by atoms with Gasteiger partial charge < -0.3 is 26.0 Å². The van der Waals surface area contributed by atoms with Gasteiger partial charge in [-0.3, -0.25) is 14.4 Å². The van der Waals surface area contributed by atoms with Gasteiger partial charge >= 0.3 is 6.03 Å². The summed E-state index contributed by atoms with van der Waals surface area (Å²) in [6.45, 7) is 8.76. The molecule has 2 aliphatic rings. The van der Waals surface area contributed by atoms with Gasteiger partial charge in [-0.25, -0.2) is 10.2 Å². The SMILES string of the molecule is CCC(=O)C1CCC(CNC(=O)N/N=C/[C@H](CC)NC(=O)[C@@H]2C[C@@H](OCc3ccccc3)CN2C(=O)[C@@H](N)C(C)C)CC1. The third kappa shape index (κ3) is 10.4. The Hall–Kier alpha value is -3.31. The van der Waals surface area contributed by atoms with Gasteiger partial charge in [0.25, 0.3) is 0 Å². The van der Waals surface area contributed by atoms with Gasteiger partial charge in [0.05, 0.1) is 24.8 Å². The van der Waals surface area contributed by atoms with E-state index in [1.807, 2.05) is 58.0 Å². The smallest absolute Gasteiger partial charge is 0.335 e. The number of benzene rings is 1. The van der Waals surface area contributed by atoms with E-state index >= 15 is 0 Å². The minimum atomic E-state index is -0.723. The molecule has 43 heavy (non-hydrogen) atoms. The van der Waals surface area contributed by atoms with Crippen molar-refractivity contribution < 1.29 is 23.9 Å². The van der Waals surface area contributed by atoms with Crippen LogP contribution in [0, 0.1) is 17.8 Å². The predicted octanol–water partition coefficient (Wildman–Crippen LogP) is 3.12. The highest BCUT2D eigenvalue weighted by molar-refractivity contribution is 5.92. The van der Waals surface area contributed by atoms with Crippen LogP contribution in [0.15, 0.2) is 35.4 Å². The average Bonchev–Trinajstić information content (AvgIpc) is 3.46. The van der Waals surface area contributed by atoms with E-state index in [-0.39, 0.29) is 36.3 Å². The second kappa shape index (κ2) is 17.1. The number of nitrogens with two attached hydrogens (primary N) is 1. The first kappa shape index (κ1) is 34.2. The van der Waals surface area contributed by atoms with Crippen molar-refractivity contribution in [1.82, 2.24) is 21.0 Å². The highest BCUT2D eigenvalue weighted by Gasteiger charge is 2.42. The number of hydrogen-bond donors (Lipinski definition) is 4. The van der Waals surface area contributed by atoms with E-state index in [4.69, 9.17) is 10.5 Å². The molecule has 0 aromatic heterocycles. The fraction of sp³-hybridized carbons (Fsp3) is 0.656. The van der Waals surface area contributed by atoms with Crippen LogP contribution in [-0.2, 0) is 25.7 Å². The summed E-state index contributed by atoms with van der Waals surface area (Å²) in [5, 5.41) is 9.85. The predicted molar refractivity (Wildman–Crippen MR) is 166 cm³/mol. The number of amides is 4. The number of carbonyl (C=O) groups is 4. The molecule has 0 unspecified atom stereocenters. The number of carbonyl (C=O) groups excluding carboxylic acids is 4. The molecule has 5 N–H and O–H groups in total. The largest absolute Gasteiger partial charge is 0.372 e. The normalized spacial score (nSPS) is 23.6. The Morgan fingerprint density at radius 2 is 1.79 bits per heavy atom. The first-order valence-electron chi connectivity index (χ1n) is 15.7. The van der Waals surface area contributed by atoms with E-state index in [1.165, 1.54) is 11.1 Å². The lowest BCUT2D eigenvalue weighted by Crippen LogP contribution is -2.54. The van der Waals surface area contributed by atoms with Crippen LogP contribution in [0.2, 0.25) is 0 Å². The summed E-state index contributed by atoms with van der Waals surface area (Å²) in [4.78, 5) is 52.4. The molecule has 0 bridgehead atoms. The van der Waals surface area contributed by atoms with E-state index in [1.54, 1.807) is 0 Å². The maximum atomic E-state index is 13.4. The van der Waals surface area contributed by atoms with E-state index in [9.17, 15) is 19.2 Å². The summed E-state index contributed by atoms with van der Waals surface area (Å²) in [6, 6.07) is 7.45. The second-order valence-corrected chi connectivity index (χ2v) is 12.1. The summed E-state index contributed by atoms with van der Waals surface area (Å²) >= 11 is 0. The molecule has 3 rings (SSSR count). The maximum Gasteiger partial charge on any atom is 0.335 e. The van der Waals surface area contributed by atoms with Crippen molar-refractivity contribution in [2.24, 2.45) is 28.6 Å². The van der Waals surface area contributed by atoms with Crippen molar-refractivity contribution in [2.75, 3.05) is 13.1 Å². The number of Topliss-reactive ketones (excluding diaryl/α,β-unsaturated/α-hetero) is 1. The van der Waals surface area contributed by atoms with Crippen molar-refractivity contribution in [1.29, 1.82) is 0 Å². The Morgan fingerprint density at radius 3 is 2.42 bits per heavy atom. The van der Waals surface area contributed by atoms with Gasteiger partial charge in [0.1, 0.15) is 11.8 Å². The number of ketones is 1. The number of rotatable bonds is 14. The number of nitrogens with one attached hydrogen (secondary N) is 3. The van der Waals surface area contributed by atoms with Crippen molar-refractivity contribution in [3.8, 4) is 0 Å². The van der Waals surface area contributed by atoms with E-state index in [0.717, 1.165) is 31.2 Å². The molecule has 0 radical (unpaired) electrons. The molecule has 1 aromatic carbocycles. The Labute approximate surface area is 255 Å². The highest BCUT2D eigenvalue weighted by Crippen LogP contribution is 2.29. The quantitative estimate of drug-likeness (QED) is 0.191. The highest BCUT2D eigenvalue weighted by atomic mass is 16.5. The molecule has 0 spiro atoms. The lowest BCUT2D eigenvalue weighted by Gasteiger charge is -2.28. The number of hydrogen-bond acceptors (Lipinski definition) is 7. The van der Waals surface area contributed by atoms with Crippen molar-refractivity contribution in [3.63, 3.8) is 0 Å². The van der Waals surface area contributed by atoms with Crippen LogP contribution in [-0.4, -0.2) is 72.1 Å². The number of ether oxygens (including phenoxy) is 1. The monoisotopic (exact) mass is 598 g/mol. The fourth-order valence-electron chi connectivity index (χ4n) is 5.64. The van der Waals surface area contributed by atoms with Crippen LogP contribution in [0.4, 0.5) is 4.79 Å². The van der Waals surface area contributed by atoms with Crippen LogP contribution < -0.4 is 21.8 Å². The Morgan fingerprint density at radius 1 is 1.09 bits per heavy atom. The van der Waals surface area contributed by atoms with Gasteiger partial charge in [-0.15, -0.1) is 0 Å². The zero-order chi connectivity index (χ0) is 31.4. The summed E-state index contributed by atoms with van der Waals surface area (Å²) in [6.07, 6.45) is 6.27. The molecule has 1 aliphatic heterocycles. The third-order valence-electron chi connectivity index (χ3n) is 8.57. The van der Waals surface area contributed by atoms with Crippen molar-refractivity contribution in [3.05, 3.63) is 35.9 Å². The molecule has 11 heteroatoms. The summed E-state index contributed by atoms with van der Waals surface area (Å²) in [5.74, 6) is 0.184. The van der Waals surface area contributed by atoms with E-state index in [2.05, 4.69) is 21.2 Å². The van der Waals surface area contributed by atoms with Gasteiger partial charge in [-0.05, 0) is 49.5 Å². The third-order valence-corrected chi connectivity index (χ3v) is 8.57. The summed E-state index contributed by atoms with van der Waals surface area (Å²) in [5.41, 5.74) is 9.67. The molecule has 4 atom stereocenters. The molecule has 4 amide bonds. The molecule has 1 saturated carbocycles. The molecular formula is C32H50N6O5. The Balaban J connectivity index is 1.50.